The SMILES string of the molecule is CNCc1ccnc(Oc2cccc(F)c2)c1. The van der Waals surface area contributed by atoms with Gasteiger partial charge >= 0.3 is 0 Å². The van der Waals surface area contributed by atoms with Crippen LogP contribution in [-0.2, 0) is 6.54 Å². The fourth-order valence-electron chi connectivity index (χ4n) is 1.47. The molecule has 0 atom stereocenters. The molecule has 88 valence electrons. The van der Waals surface area contributed by atoms with Crippen LogP contribution in [0.15, 0.2) is 42.6 Å². The third-order valence-electron chi connectivity index (χ3n) is 2.20. The number of halogens is 1. The molecular weight excluding hydrogens is 219 g/mol. The lowest BCUT2D eigenvalue weighted by atomic mass is 10.2. The number of hydrogen-bond acceptors (Lipinski definition) is 3. The Hall–Kier alpha value is -1.94. The molecule has 2 rings (SSSR count). The van der Waals surface area contributed by atoms with Crippen LogP contribution in [-0.4, -0.2) is 12.0 Å². The fraction of sp³-hybridized carbons (Fsp3) is 0.154. The summed E-state index contributed by atoms with van der Waals surface area (Å²) in [4.78, 5) is 4.07. The predicted molar refractivity (Wildman–Crippen MR) is 63.5 cm³/mol. The molecule has 0 amide bonds. The second-order valence-electron chi connectivity index (χ2n) is 3.59. The monoisotopic (exact) mass is 232 g/mol. The largest absolute Gasteiger partial charge is 0.439 e. The van der Waals surface area contributed by atoms with Gasteiger partial charge in [0.25, 0.3) is 0 Å². The maximum absolute atomic E-state index is 13.0. The Kier molecular flexibility index (Phi) is 3.67. The first-order valence-electron chi connectivity index (χ1n) is 5.31. The minimum absolute atomic E-state index is 0.325. The molecule has 0 aliphatic heterocycles. The Morgan fingerprint density at radius 1 is 1.29 bits per heavy atom. The van der Waals surface area contributed by atoms with Gasteiger partial charge in [0, 0.05) is 24.9 Å². The summed E-state index contributed by atoms with van der Waals surface area (Å²) in [5.41, 5.74) is 1.06. The van der Waals surface area contributed by atoms with Crippen LogP contribution in [0.25, 0.3) is 0 Å². The Morgan fingerprint density at radius 3 is 2.94 bits per heavy atom. The molecule has 0 radical (unpaired) electrons. The molecule has 0 unspecified atom stereocenters. The minimum Gasteiger partial charge on any atom is -0.439 e. The number of pyridine rings is 1. The van der Waals surface area contributed by atoms with Crippen LogP contribution in [0.2, 0.25) is 0 Å². The van der Waals surface area contributed by atoms with Gasteiger partial charge in [-0.15, -0.1) is 0 Å². The van der Waals surface area contributed by atoms with Crippen molar-refractivity contribution in [2.75, 3.05) is 7.05 Å². The lowest BCUT2D eigenvalue weighted by Gasteiger charge is -2.06. The van der Waals surface area contributed by atoms with Crippen LogP contribution < -0.4 is 10.1 Å². The highest BCUT2D eigenvalue weighted by Crippen LogP contribution is 2.20. The molecule has 0 saturated carbocycles. The summed E-state index contributed by atoms with van der Waals surface area (Å²) >= 11 is 0. The molecule has 0 aliphatic carbocycles. The molecule has 1 heterocycles. The third kappa shape index (κ3) is 3.26. The van der Waals surface area contributed by atoms with E-state index in [1.165, 1.54) is 12.1 Å². The van der Waals surface area contributed by atoms with E-state index in [1.54, 1.807) is 18.3 Å². The number of nitrogens with zero attached hydrogens (tertiary/aromatic N) is 1. The molecule has 3 nitrogen and oxygen atoms in total. The number of nitrogens with one attached hydrogen (secondary N) is 1. The zero-order valence-electron chi connectivity index (χ0n) is 9.48. The van der Waals surface area contributed by atoms with Gasteiger partial charge in [-0.1, -0.05) is 6.07 Å². The van der Waals surface area contributed by atoms with E-state index < -0.39 is 0 Å². The highest BCUT2D eigenvalue weighted by molar-refractivity contribution is 5.29. The van der Waals surface area contributed by atoms with E-state index in [0.717, 1.165) is 12.1 Å². The fourth-order valence-corrected chi connectivity index (χ4v) is 1.47. The molecule has 4 heteroatoms. The molecule has 1 aromatic carbocycles. The second-order valence-corrected chi connectivity index (χ2v) is 3.59. The Balaban J connectivity index is 2.15. The standard InChI is InChI=1S/C13H13FN2O/c1-15-9-10-5-6-16-13(7-10)17-12-4-2-3-11(14)8-12/h2-8,15H,9H2,1H3. The predicted octanol–water partition coefficient (Wildman–Crippen LogP) is 2.73. The van der Waals surface area contributed by atoms with Gasteiger partial charge in [0.2, 0.25) is 5.88 Å². The van der Waals surface area contributed by atoms with Crippen molar-refractivity contribution in [3.8, 4) is 11.6 Å². The highest BCUT2D eigenvalue weighted by Gasteiger charge is 2.01. The molecule has 0 bridgehead atoms. The summed E-state index contributed by atoms with van der Waals surface area (Å²) in [6.45, 7) is 0.738. The molecular formula is C13H13FN2O. The first kappa shape index (κ1) is 11.5. The number of aromatic nitrogens is 1. The number of rotatable bonds is 4. The maximum Gasteiger partial charge on any atom is 0.219 e. The molecule has 0 aliphatic rings. The van der Waals surface area contributed by atoms with Crippen molar-refractivity contribution in [1.29, 1.82) is 0 Å². The van der Waals surface area contributed by atoms with Crippen molar-refractivity contribution in [3.63, 3.8) is 0 Å². The zero-order chi connectivity index (χ0) is 12.1. The van der Waals surface area contributed by atoms with Crippen molar-refractivity contribution in [2.24, 2.45) is 0 Å². The number of hydrogen-bond donors (Lipinski definition) is 1. The van der Waals surface area contributed by atoms with Gasteiger partial charge < -0.3 is 10.1 Å². The van der Waals surface area contributed by atoms with Gasteiger partial charge in [-0.3, -0.25) is 0 Å². The third-order valence-corrected chi connectivity index (χ3v) is 2.20. The van der Waals surface area contributed by atoms with Crippen molar-refractivity contribution in [3.05, 3.63) is 54.0 Å². The summed E-state index contributed by atoms with van der Waals surface area (Å²) in [6, 6.07) is 9.71. The van der Waals surface area contributed by atoms with Gasteiger partial charge in [-0.2, -0.15) is 0 Å². The van der Waals surface area contributed by atoms with Crippen LogP contribution in [0.4, 0.5) is 4.39 Å². The van der Waals surface area contributed by atoms with Crippen LogP contribution in [0.5, 0.6) is 11.6 Å². The molecule has 17 heavy (non-hydrogen) atoms. The van der Waals surface area contributed by atoms with Gasteiger partial charge in [0.05, 0.1) is 0 Å². The lowest BCUT2D eigenvalue weighted by molar-refractivity contribution is 0.457. The summed E-state index contributed by atoms with van der Waals surface area (Å²) in [5, 5.41) is 3.04. The second kappa shape index (κ2) is 5.41. The van der Waals surface area contributed by atoms with Crippen LogP contribution in [0, 0.1) is 5.82 Å². The van der Waals surface area contributed by atoms with Crippen molar-refractivity contribution >= 4 is 0 Å². The van der Waals surface area contributed by atoms with E-state index in [0.29, 0.717) is 11.6 Å². The summed E-state index contributed by atoms with van der Waals surface area (Å²) in [5.74, 6) is 0.580. The maximum atomic E-state index is 13.0. The summed E-state index contributed by atoms with van der Waals surface area (Å²) < 4.78 is 18.4. The molecule has 1 N–H and O–H groups in total. The highest BCUT2D eigenvalue weighted by atomic mass is 19.1. The van der Waals surface area contributed by atoms with E-state index in [1.807, 2.05) is 19.2 Å². The lowest BCUT2D eigenvalue weighted by Crippen LogP contribution is -2.05. The smallest absolute Gasteiger partial charge is 0.219 e. The first-order chi connectivity index (χ1) is 8.28. The average molecular weight is 232 g/mol. The Labute approximate surface area is 99.3 Å². The van der Waals surface area contributed by atoms with Gasteiger partial charge in [-0.05, 0) is 30.8 Å². The van der Waals surface area contributed by atoms with E-state index in [-0.39, 0.29) is 5.82 Å². The van der Waals surface area contributed by atoms with E-state index >= 15 is 0 Å². The van der Waals surface area contributed by atoms with Crippen LogP contribution in [0.3, 0.4) is 0 Å². The van der Waals surface area contributed by atoms with Gasteiger partial charge in [0.15, 0.2) is 0 Å². The molecule has 2 aromatic rings. The molecule has 0 spiro atoms. The first-order valence-corrected chi connectivity index (χ1v) is 5.31. The molecule has 1 aromatic heterocycles. The van der Waals surface area contributed by atoms with Crippen molar-refractivity contribution < 1.29 is 9.13 Å². The molecule has 0 fully saturated rings. The van der Waals surface area contributed by atoms with E-state index in [9.17, 15) is 4.39 Å². The minimum atomic E-state index is -0.325. The summed E-state index contributed by atoms with van der Waals surface area (Å²) in [7, 11) is 1.87. The van der Waals surface area contributed by atoms with Crippen molar-refractivity contribution in [2.45, 2.75) is 6.54 Å². The quantitative estimate of drug-likeness (QED) is 0.880. The van der Waals surface area contributed by atoms with E-state index in [4.69, 9.17) is 4.74 Å². The van der Waals surface area contributed by atoms with E-state index in [2.05, 4.69) is 10.3 Å². The number of benzene rings is 1. The normalized spacial score (nSPS) is 10.2. The Bertz CT molecular complexity index is 502. The molecule has 0 saturated heterocycles. The zero-order valence-corrected chi connectivity index (χ0v) is 9.48. The Morgan fingerprint density at radius 2 is 2.18 bits per heavy atom. The van der Waals surface area contributed by atoms with Crippen LogP contribution in [0.1, 0.15) is 5.56 Å². The van der Waals surface area contributed by atoms with Gasteiger partial charge in [-0.25, -0.2) is 9.37 Å². The topological polar surface area (TPSA) is 34.2 Å². The number of ether oxygens (including phenoxy) is 1. The van der Waals surface area contributed by atoms with Crippen molar-refractivity contribution in [1.82, 2.24) is 10.3 Å². The van der Waals surface area contributed by atoms with Gasteiger partial charge in [0.1, 0.15) is 11.6 Å². The summed E-state index contributed by atoms with van der Waals surface area (Å²) in [6.07, 6.45) is 1.67. The average Bonchev–Trinajstić information content (AvgIpc) is 2.30. The van der Waals surface area contributed by atoms with Crippen LogP contribution >= 0.6 is 0 Å².